The van der Waals surface area contributed by atoms with Gasteiger partial charge >= 0.3 is 5.97 Å². The third-order valence-electron chi connectivity index (χ3n) is 4.30. The van der Waals surface area contributed by atoms with E-state index in [1.165, 1.54) is 0 Å². The van der Waals surface area contributed by atoms with Crippen LogP contribution < -0.4 is 0 Å². The Balaban J connectivity index is 2.25. The zero-order valence-corrected chi connectivity index (χ0v) is 12.6. The number of rotatable bonds is 5. The van der Waals surface area contributed by atoms with Gasteiger partial charge in [0.1, 0.15) is 12.1 Å². The summed E-state index contributed by atoms with van der Waals surface area (Å²) in [6.07, 6.45) is 4.57. The molecule has 0 aliphatic carbocycles. The van der Waals surface area contributed by atoms with E-state index in [0.717, 1.165) is 31.8 Å². The van der Waals surface area contributed by atoms with Crippen molar-refractivity contribution in [2.24, 2.45) is 0 Å². The second kappa shape index (κ2) is 6.43. The summed E-state index contributed by atoms with van der Waals surface area (Å²) in [5, 5.41) is 0. The van der Waals surface area contributed by atoms with Gasteiger partial charge in [-0.1, -0.05) is 13.2 Å². The van der Waals surface area contributed by atoms with Gasteiger partial charge in [0.15, 0.2) is 0 Å². The molecule has 2 fully saturated rings. The van der Waals surface area contributed by atoms with E-state index < -0.39 is 11.5 Å². The van der Waals surface area contributed by atoms with Gasteiger partial charge in [-0.05, 0) is 32.6 Å². The first-order valence-corrected chi connectivity index (χ1v) is 7.39. The Morgan fingerprint density at radius 3 is 2.81 bits per heavy atom. The van der Waals surface area contributed by atoms with E-state index in [2.05, 4.69) is 13.2 Å². The molecule has 0 aromatic rings. The summed E-state index contributed by atoms with van der Waals surface area (Å²) in [5.74, 6) is -0.556. The van der Waals surface area contributed by atoms with Gasteiger partial charge in [0.25, 0.3) is 0 Å². The van der Waals surface area contributed by atoms with Gasteiger partial charge < -0.3 is 14.4 Å². The van der Waals surface area contributed by atoms with Crippen LogP contribution in [0.2, 0.25) is 0 Å². The first kappa shape index (κ1) is 15.8. The van der Waals surface area contributed by atoms with Gasteiger partial charge in [0, 0.05) is 24.8 Å². The summed E-state index contributed by atoms with van der Waals surface area (Å²) in [6, 6.07) is 0. The van der Waals surface area contributed by atoms with Crippen molar-refractivity contribution >= 4 is 11.9 Å². The zero-order valence-electron chi connectivity index (χ0n) is 12.6. The Morgan fingerprint density at radius 1 is 1.48 bits per heavy atom. The van der Waals surface area contributed by atoms with Gasteiger partial charge in [0.05, 0.1) is 6.10 Å². The Labute approximate surface area is 125 Å². The predicted molar refractivity (Wildman–Crippen MR) is 78.6 cm³/mol. The lowest BCUT2D eigenvalue weighted by molar-refractivity contribution is -0.152. The van der Waals surface area contributed by atoms with Gasteiger partial charge in [-0.25, -0.2) is 4.79 Å². The third kappa shape index (κ3) is 3.02. The number of hydrogen-bond acceptors (Lipinski definition) is 4. The van der Waals surface area contributed by atoms with Crippen LogP contribution in [0, 0.1) is 0 Å². The summed E-state index contributed by atoms with van der Waals surface area (Å²) in [5.41, 5.74) is -0.0695. The van der Waals surface area contributed by atoms with Crippen molar-refractivity contribution < 1.29 is 19.1 Å². The standard InChI is InChI=1S/C16H23NO4/c1-4-14(18)21-11-16(13-7-5-10-20-13)8-6-9-17(16)15(19)12(2)3/h4,13H,1-2,5-11H2,3H3. The smallest absolute Gasteiger partial charge is 0.330 e. The van der Waals surface area contributed by atoms with Crippen LogP contribution in [0.4, 0.5) is 0 Å². The van der Waals surface area contributed by atoms with E-state index >= 15 is 0 Å². The topological polar surface area (TPSA) is 55.8 Å². The Kier molecular flexibility index (Phi) is 4.83. The minimum atomic E-state index is -0.564. The molecule has 2 unspecified atom stereocenters. The Hall–Kier alpha value is -1.62. The van der Waals surface area contributed by atoms with Crippen LogP contribution in [0.3, 0.4) is 0 Å². The highest BCUT2D eigenvalue weighted by molar-refractivity contribution is 5.93. The average molecular weight is 293 g/mol. The minimum absolute atomic E-state index is 0.0825. The highest BCUT2D eigenvalue weighted by atomic mass is 16.5. The molecule has 0 N–H and O–H groups in total. The molecule has 0 radical (unpaired) electrons. The zero-order chi connectivity index (χ0) is 15.5. The highest BCUT2D eigenvalue weighted by Gasteiger charge is 2.51. The number of ether oxygens (including phenoxy) is 2. The molecule has 0 aromatic carbocycles. The number of likely N-dealkylation sites (tertiary alicyclic amines) is 1. The first-order chi connectivity index (χ1) is 10.0. The number of hydrogen-bond donors (Lipinski definition) is 0. The van der Waals surface area contributed by atoms with E-state index in [0.29, 0.717) is 18.7 Å². The fourth-order valence-electron chi connectivity index (χ4n) is 3.27. The second-order valence-electron chi connectivity index (χ2n) is 5.76. The van der Waals surface area contributed by atoms with Crippen molar-refractivity contribution in [3.05, 3.63) is 24.8 Å². The number of amides is 1. The molecule has 116 valence electrons. The summed E-state index contributed by atoms with van der Waals surface area (Å²) >= 11 is 0. The van der Waals surface area contributed by atoms with E-state index in [9.17, 15) is 9.59 Å². The fourth-order valence-corrected chi connectivity index (χ4v) is 3.27. The fraction of sp³-hybridized carbons (Fsp3) is 0.625. The molecule has 5 heteroatoms. The molecule has 0 aromatic heterocycles. The van der Waals surface area contributed by atoms with Crippen LogP contribution in [0.5, 0.6) is 0 Å². The van der Waals surface area contributed by atoms with Crippen LogP contribution in [0.15, 0.2) is 24.8 Å². The lowest BCUT2D eigenvalue weighted by Crippen LogP contribution is -2.58. The molecule has 21 heavy (non-hydrogen) atoms. The van der Waals surface area contributed by atoms with Crippen LogP contribution >= 0.6 is 0 Å². The maximum absolute atomic E-state index is 12.4. The van der Waals surface area contributed by atoms with Crippen LogP contribution in [0.1, 0.15) is 32.6 Å². The van der Waals surface area contributed by atoms with Crippen molar-refractivity contribution in [2.45, 2.75) is 44.2 Å². The molecule has 2 atom stereocenters. The van der Waals surface area contributed by atoms with Crippen molar-refractivity contribution in [3.63, 3.8) is 0 Å². The molecule has 5 nitrogen and oxygen atoms in total. The Bertz CT molecular complexity index is 453. The van der Waals surface area contributed by atoms with Crippen molar-refractivity contribution in [2.75, 3.05) is 19.8 Å². The maximum atomic E-state index is 12.4. The monoisotopic (exact) mass is 293 g/mol. The summed E-state index contributed by atoms with van der Waals surface area (Å²) < 4.78 is 11.1. The summed E-state index contributed by atoms with van der Waals surface area (Å²) in [6.45, 7) is 10.4. The van der Waals surface area contributed by atoms with Gasteiger partial charge in [0.2, 0.25) is 5.91 Å². The normalized spacial score (nSPS) is 28.4. The number of esters is 1. The molecular formula is C16H23NO4. The molecule has 2 aliphatic heterocycles. The van der Waals surface area contributed by atoms with Crippen molar-refractivity contribution in [3.8, 4) is 0 Å². The quantitative estimate of drug-likeness (QED) is 0.573. The largest absolute Gasteiger partial charge is 0.460 e. The molecule has 0 bridgehead atoms. The van der Waals surface area contributed by atoms with E-state index in [1.54, 1.807) is 11.8 Å². The lowest BCUT2D eigenvalue weighted by atomic mass is 9.87. The van der Waals surface area contributed by atoms with Crippen molar-refractivity contribution in [1.29, 1.82) is 0 Å². The SMILES string of the molecule is C=CC(=O)OCC1(C2CCCO2)CCCN1C(=O)C(=C)C. The van der Waals surface area contributed by atoms with Crippen molar-refractivity contribution in [1.82, 2.24) is 4.90 Å². The molecule has 2 rings (SSSR count). The van der Waals surface area contributed by atoms with Gasteiger partial charge in [-0.2, -0.15) is 0 Å². The lowest BCUT2D eigenvalue weighted by Gasteiger charge is -2.42. The maximum Gasteiger partial charge on any atom is 0.330 e. The molecule has 1 amide bonds. The highest BCUT2D eigenvalue weighted by Crippen LogP contribution is 2.39. The number of nitrogens with zero attached hydrogens (tertiary/aromatic N) is 1. The molecule has 0 spiro atoms. The molecule has 0 saturated carbocycles. The van der Waals surface area contributed by atoms with E-state index in [4.69, 9.17) is 9.47 Å². The molecular weight excluding hydrogens is 270 g/mol. The number of carbonyl (C=O) groups is 2. The van der Waals surface area contributed by atoms with Crippen LogP contribution in [-0.2, 0) is 19.1 Å². The number of carbonyl (C=O) groups excluding carboxylic acids is 2. The first-order valence-electron chi connectivity index (χ1n) is 7.39. The molecule has 2 heterocycles. The van der Waals surface area contributed by atoms with Crippen LogP contribution in [0.25, 0.3) is 0 Å². The summed E-state index contributed by atoms with van der Waals surface area (Å²) in [4.78, 5) is 25.7. The predicted octanol–water partition coefficient (Wildman–Crippen LogP) is 1.83. The third-order valence-corrected chi connectivity index (χ3v) is 4.30. The Morgan fingerprint density at radius 2 is 2.24 bits per heavy atom. The second-order valence-corrected chi connectivity index (χ2v) is 5.76. The average Bonchev–Trinajstić information content (AvgIpc) is 3.13. The minimum Gasteiger partial charge on any atom is -0.460 e. The van der Waals surface area contributed by atoms with E-state index in [-0.39, 0.29) is 18.6 Å². The van der Waals surface area contributed by atoms with Gasteiger partial charge in [-0.3, -0.25) is 4.79 Å². The van der Waals surface area contributed by atoms with E-state index in [1.807, 2.05) is 0 Å². The molecule has 2 saturated heterocycles. The molecule has 2 aliphatic rings. The van der Waals surface area contributed by atoms with Crippen LogP contribution in [-0.4, -0.2) is 48.2 Å². The summed E-state index contributed by atoms with van der Waals surface area (Å²) in [7, 11) is 0. The van der Waals surface area contributed by atoms with Gasteiger partial charge in [-0.15, -0.1) is 0 Å².